The van der Waals surface area contributed by atoms with Crippen molar-refractivity contribution in [3.05, 3.63) is 46.8 Å². The van der Waals surface area contributed by atoms with Crippen molar-refractivity contribution >= 4 is 21.7 Å². The van der Waals surface area contributed by atoms with Gasteiger partial charge in [0.25, 0.3) is 0 Å². The molecule has 0 saturated carbocycles. The molecule has 1 aromatic carbocycles. The molecule has 2 aromatic rings. The van der Waals surface area contributed by atoms with E-state index in [9.17, 15) is 13.2 Å². The molecule has 1 N–H and O–H groups in total. The van der Waals surface area contributed by atoms with Gasteiger partial charge in [-0.15, -0.1) is 0 Å². The van der Waals surface area contributed by atoms with Crippen molar-refractivity contribution in [3.63, 3.8) is 0 Å². The molecule has 0 spiro atoms. The third kappa shape index (κ3) is 4.04. The van der Waals surface area contributed by atoms with Crippen LogP contribution in [-0.4, -0.2) is 56.0 Å². The highest BCUT2D eigenvalue weighted by molar-refractivity contribution is 7.89. The zero-order valence-electron chi connectivity index (χ0n) is 17.7. The molecule has 1 aliphatic heterocycles. The summed E-state index contributed by atoms with van der Waals surface area (Å²) in [6.07, 6.45) is 0. The Morgan fingerprint density at radius 3 is 2.55 bits per heavy atom. The van der Waals surface area contributed by atoms with Crippen LogP contribution in [0.15, 0.2) is 29.2 Å². The Bertz CT molecular complexity index is 1010. The van der Waals surface area contributed by atoms with E-state index >= 15 is 0 Å². The molecule has 3 rings (SSSR count). The Kier molecular flexibility index (Phi) is 6.05. The number of rotatable bonds is 5. The minimum atomic E-state index is -3.84. The van der Waals surface area contributed by atoms with Crippen molar-refractivity contribution in [1.82, 2.24) is 9.29 Å². The summed E-state index contributed by atoms with van der Waals surface area (Å²) >= 11 is 0. The number of esters is 1. The molecule has 0 radical (unpaired) electrons. The van der Waals surface area contributed by atoms with Crippen molar-refractivity contribution in [2.75, 3.05) is 31.1 Å². The summed E-state index contributed by atoms with van der Waals surface area (Å²) in [7, 11) is -3.84. The summed E-state index contributed by atoms with van der Waals surface area (Å²) in [6.45, 7) is 10.6. The van der Waals surface area contributed by atoms with Crippen molar-refractivity contribution in [1.29, 1.82) is 0 Å². The predicted molar refractivity (Wildman–Crippen MR) is 113 cm³/mol. The van der Waals surface area contributed by atoms with E-state index in [1.54, 1.807) is 20.8 Å². The SMILES string of the molecule is CCOC(=O)c1c(C)[nH]c(C)c1S(=O)(=O)N1CCN(c2cccc(C)c2)[C@H](C)C1. The fourth-order valence-electron chi connectivity index (χ4n) is 3.99. The number of nitrogens with zero attached hydrogens (tertiary/aromatic N) is 2. The first kappa shape index (κ1) is 21.4. The maximum Gasteiger partial charge on any atom is 0.341 e. The number of carbonyl (C=O) groups excluding carboxylic acids is 1. The Labute approximate surface area is 172 Å². The van der Waals surface area contributed by atoms with Crippen molar-refractivity contribution < 1.29 is 17.9 Å². The highest BCUT2D eigenvalue weighted by Gasteiger charge is 2.37. The number of piperazine rings is 1. The lowest BCUT2D eigenvalue weighted by molar-refractivity contribution is 0.0521. The van der Waals surface area contributed by atoms with E-state index in [0.29, 0.717) is 31.0 Å². The van der Waals surface area contributed by atoms with E-state index in [4.69, 9.17) is 4.74 Å². The summed E-state index contributed by atoms with van der Waals surface area (Å²) in [6, 6.07) is 8.22. The van der Waals surface area contributed by atoms with Gasteiger partial charge in [0, 0.05) is 42.8 Å². The number of aromatic nitrogens is 1. The number of ether oxygens (including phenoxy) is 1. The van der Waals surface area contributed by atoms with Gasteiger partial charge in [0.05, 0.1) is 6.61 Å². The molecule has 1 aliphatic rings. The average molecular weight is 420 g/mol. The third-order valence-corrected chi connectivity index (χ3v) is 7.36. The lowest BCUT2D eigenvalue weighted by Gasteiger charge is -2.40. The fraction of sp³-hybridized carbons (Fsp3) is 0.476. The number of benzene rings is 1. The highest BCUT2D eigenvalue weighted by atomic mass is 32.2. The average Bonchev–Trinajstić information content (AvgIpc) is 2.96. The first-order valence-corrected chi connectivity index (χ1v) is 11.3. The molecular weight excluding hydrogens is 390 g/mol. The minimum Gasteiger partial charge on any atom is -0.462 e. The zero-order valence-corrected chi connectivity index (χ0v) is 18.5. The second-order valence-corrected chi connectivity index (χ2v) is 9.42. The molecule has 1 atom stereocenters. The maximum atomic E-state index is 13.5. The number of H-pyrrole nitrogens is 1. The van der Waals surface area contributed by atoms with Gasteiger partial charge in [0.2, 0.25) is 10.0 Å². The second kappa shape index (κ2) is 8.20. The lowest BCUT2D eigenvalue weighted by Crippen LogP contribution is -2.53. The van der Waals surface area contributed by atoms with Crippen LogP contribution < -0.4 is 4.90 Å². The van der Waals surface area contributed by atoms with Crippen LogP contribution in [0.2, 0.25) is 0 Å². The molecule has 0 amide bonds. The van der Waals surface area contributed by atoms with Crippen LogP contribution in [0.5, 0.6) is 0 Å². The summed E-state index contributed by atoms with van der Waals surface area (Å²) in [5.74, 6) is -0.612. The Morgan fingerprint density at radius 2 is 1.93 bits per heavy atom. The van der Waals surface area contributed by atoms with Gasteiger partial charge in [-0.3, -0.25) is 0 Å². The van der Waals surface area contributed by atoms with Gasteiger partial charge in [-0.1, -0.05) is 12.1 Å². The minimum absolute atomic E-state index is 0.00622. The smallest absolute Gasteiger partial charge is 0.341 e. The quantitative estimate of drug-likeness (QED) is 0.754. The van der Waals surface area contributed by atoms with Crippen LogP contribution in [0.1, 0.15) is 41.2 Å². The summed E-state index contributed by atoms with van der Waals surface area (Å²) in [5, 5.41) is 0. The van der Waals surface area contributed by atoms with Crippen LogP contribution in [0.3, 0.4) is 0 Å². The first-order valence-electron chi connectivity index (χ1n) is 9.86. The third-order valence-electron chi connectivity index (χ3n) is 5.32. The largest absolute Gasteiger partial charge is 0.462 e. The number of aromatic amines is 1. The molecule has 0 aliphatic carbocycles. The molecule has 0 unspecified atom stereocenters. The summed E-state index contributed by atoms with van der Waals surface area (Å²) in [4.78, 5) is 17.7. The molecule has 7 nitrogen and oxygen atoms in total. The molecule has 29 heavy (non-hydrogen) atoms. The van der Waals surface area contributed by atoms with Gasteiger partial charge in [0.1, 0.15) is 10.5 Å². The molecular formula is C21H29N3O4S. The second-order valence-electron chi connectivity index (χ2n) is 7.54. The van der Waals surface area contributed by atoms with Crippen molar-refractivity contribution in [2.24, 2.45) is 0 Å². The topological polar surface area (TPSA) is 82.7 Å². The van der Waals surface area contributed by atoms with E-state index in [0.717, 1.165) is 5.69 Å². The molecule has 158 valence electrons. The number of carbonyl (C=O) groups is 1. The summed E-state index contributed by atoms with van der Waals surface area (Å²) < 4.78 is 33.5. The number of hydrogen-bond donors (Lipinski definition) is 1. The number of hydrogen-bond acceptors (Lipinski definition) is 5. The normalized spacial score (nSPS) is 18.1. The van der Waals surface area contributed by atoms with Gasteiger partial charge >= 0.3 is 5.97 Å². The molecule has 0 bridgehead atoms. The Hall–Kier alpha value is -2.32. The van der Waals surface area contributed by atoms with Crippen LogP contribution in [-0.2, 0) is 14.8 Å². The fourth-order valence-corrected chi connectivity index (χ4v) is 5.92. The molecule has 1 saturated heterocycles. The maximum absolute atomic E-state index is 13.5. The molecule has 1 aromatic heterocycles. The van der Waals surface area contributed by atoms with Gasteiger partial charge in [-0.25, -0.2) is 13.2 Å². The van der Waals surface area contributed by atoms with E-state index < -0.39 is 16.0 Å². The van der Waals surface area contributed by atoms with Gasteiger partial charge in [-0.2, -0.15) is 4.31 Å². The zero-order chi connectivity index (χ0) is 21.3. The van der Waals surface area contributed by atoms with Crippen LogP contribution in [0, 0.1) is 20.8 Å². The monoisotopic (exact) mass is 419 g/mol. The van der Waals surface area contributed by atoms with Crippen molar-refractivity contribution in [2.45, 2.75) is 45.6 Å². The van der Waals surface area contributed by atoms with Gasteiger partial charge in [0.15, 0.2) is 0 Å². The van der Waals surface area contributed by atoms with E-state index in [2.05, 4.69) is 16.0 Å². The Balaban J connectivity index is 1.90. The van der Waals surface area contributed by atoms with E-state index in [-0.39, 0.29) is 23.1 Å². The van der Waals surface area contributed by atoms with Crippen LogP contribution in [0.4, 0.5) is 5.69 Å². The Morgan fingerprint density at radius 1 is 1.21 bits per heavy atom. The number of sulfonamides is 1. The standard InChI is InChI=1S/C21H29N3O4S/c1-6-28-21(25)19-16(4)22-17(5)20(19)29(26,27)23-10-11-24(15(3)13-23)18-9-7-8-14(2)12-18/h7-9,12,15,22H,6,10-11,13H2,1-5H3/t15-/m1/s1. The lowest BCUT2D eigenvalue weighted by atomic mass is 10.1. The molecule has 1 fully saturated rings. The molecule has 2 heterocycles. The first-order chi connectivity index (χ1) is 13.7. The highest BCUT2D eigenvalue weighted by Crippen LogP contribution is 2.30. The number of anilines is 1. The van der Waals surface area contributed by atoms with Gasteiger partial charge < -0.3 is 14.6 Å². The summed E-state index contributed by atoms with van der Waals surface area (Å²) in [5.41, 5.74) is 3.33. The van der Waals surface area contributed by atoms with Crippen molar-refractivity contribution in [3.8, 4) is 0 Å². The van der Waals surface area contributed by atoms with Crippen LogP contribution in [0.25, 0.3) is 0 Å². The number of aryl methyl sites for hydroxylation is 3. The van der Waals surface area contributed by atoms with Crippen LogP contribution >= 0.6 is 0 Å². The van der Waals surface area contributed by atoms with Gasteiger partial charge in [-0.05, 0) is 52.3 Å². The van der Waals surface area contributed by atoms with E-state index in [1.807, 2.05) is 32.0 Å². The predicted octanol–water partition coefficient (Wildman–Crippen LogP) is 3.02. The molecule has 8 heteroatoms. The number of nitrogens with one attached hydrogen (secondary N) is 1. The van der Waals surface area contributed by atoms with E-state index in [1.165, 1.54) is 9.87 Å².